The van der Waals surface area contributed by atoms with Crippen molar-refractivity contribution in [2.24, 2.45) is 0 Å². The van der Waals surface area contributed by atoms with E-state index in [-0.39, 0.29) is 29.8 Å². The lowest BCUT2D eigenvalue weighted by molar-refractivity contribution is -0.121. The van der Waals surface area contributed by atoms with Crippen LogP contribution in [-0.4, -0.2) is 70.0 Å². The first-order valence-electron chi connectivity index (χ1n) is 10.1. The van der Waals surface area contributed by atoms with Crippen LogP contribution in [0, 0.1) is 12.7 Å². The lowest BCUT2D eigenvalue weighted by Crippen LogP contribution is -2.45. The SMILES string of the molecule is Cc1ccc(S(=O)(=O)N(C)CC(=O)NC[C@@H](c2ccc(F)cc2)N2CCOCC2)cc1. The number of nitrogens with zero attached hydrogens (tertiary/aromatic N) is 2. The Labute approximate surface area is 182 Å². The van der Waals surface area contributed by atoms with E-state index in [0.29, 0.717) is 26.3 Å². The number of ether oxygens (including phenoxy) is 1. The molecule has 1 fully saturated rings. The average Bonchev–Trinajstić information content (AvgIpc) is 2.76. The molecule has 1 atom stereocenters. The molecule has 168 valence electrons. The standard InChI is InChI=1S/C22H28FN3O4S/c1-17-3-9-20(10-4-17)31(28,29)25(2)16-22(27)24-15-21(26-11-13-30-14-12-26)18-5-7-19(23)8-6-18/h3-10,21H,11-16H2,1-2H3,(H,24,27)/t21-/m0/s1. The second-order valence-electron chi connectivity index (χ2n) is 7.59. The number of nitrogens with one attached hydrogen (secondary N) is 1. The third-order valence-corrected chi connectivity index (χ3v) is 7.15. The largest absolute Gasteiger partial charge is 0.379 e. The van der Waals surface area contributed by atoms with Gasteiger partial charge in [0.25, 0.3) is 0 Å². The molecule has 3 rings (SSSR count). The van der Waals surface area contributed by atoms with Crippen LogP contribution in [-0.2, 0) is 19.6 Å². The van der Waals surface area contributed by atoms with Gasteiger partial charge in [-0.2, -0.15) is 4.31 Å². The molecule has 1 aliphatic heterocycles. The maximum Gasteiger partial charge on any atom is 0.243 e. The highest BCUT2D eigenvalue weighted by atomic mass is 32.2. The molecule has 31 heavy (non-hydrogen) atoms. The molecular weight excluding hydrogens is 421 g/mol. The minimum absolute atomic E-state index is 0.144. The summed E-state index contributed by atoms with van der Waals surface area (Å²) in [6.07, 6.45) is 0. The van der Waals surface area contributed by atoms with Crippen LogP contribution in [0.1, 0.15) is 17.2 Å². The van der Waals surface area contributed by atoms with Crippen LogP contribution in [0.15, 0.2) is 53.4 Å². The second kappa shape index (κ2) is 10.3. The topological polar surface area (TPSA) is 79.0 Å². The Balaban J connectivity index is 1.64. The van der Waals surface area contributed by atoms with Crippen molar-refractivity contribution >= 4 is 15.9 Å². The van der Waals surface area contributed by atoms with E-state index in [1.807, 2.05) is 6.92 Å². The number of aryl methyl sites for hydroxylation is 1. The van der Waals surface area contributed by atoms with E-state index in [0.717, 1.165) is 15.4 Å². The zero-order valence-electron chi connectivity index (χ0n) is 17.8. The van der Waals surface area contributed by atoms with Gasteiger partial charge in [0.15, 0.2) is 0 Å². The molecule has 0 aliphatic carbocycles. The first kappa shape index (κ1) is 23.3. The predicted molar refractivity (Wildman–Crippen MR) is 116 cm³/mol. The molecule has 0 aromatic heterocycles. The molecule has 2 aromatic carbocycles. The zero-order chi connectivity index (χ0) is 22.4. The summed E-state index contributed by atoms with van der Waals surface area (Å²) in [7, 11) is -2.38. The van der Waals surface area contributed by atoms with Crippen molar-refractivity contribution in [3.05, 3.63) is 65.5 Å². The van der Waals surface area contributed by atoms with E-state index in [9.17, 15) is 17.6 Å². The van der Waals surface area contributed by atoms with Crippen LogP contribution in [0.3, 0.4) is 0 Å². The number of benzene rings is 2. The minimum atomic E-state index is -3.76. The lowest BCUT2D eigenvalue weighted by Gasteiger charge is -2.35. The molecule has 1 aliphatic rings. The predicted octanol–water partition coefficient (Wildman–Crippen LogP) is 1.94. The highest BCUT2D eigenvalue weighted by molar-refractivity contribution is 7.89. The number of carbonyl (C=O) groups is 1. The van der Waals surface area contributed by atoms with E-state index < -0.39 is 15.9 Å². The number of hydrogen-bond donors (Lipinski definition) is 1. The van der Waals surface area contributed by atoms with Crippen molar-refractivity contribution in [1.29, 1.82) is 0 Å². The number of hydrogen-bond acceptors (Lipinski definition) is 5. The molecule has 0 unspecified atom stereocenters. The van der Waals surface area contributed by atoms with Crippen LogP contribution >= 0.6 is 0 Å². The van der Waals surface area contributed by atoms with E-state index >= 15 is 0 Å². The van der Waals surface area contributed by atoms with E-state index in [1.54, 1.807) is 24.3 Å². The van der Waals surface area contributed by atoms with Crippen LogP contribution in [0.4, 0.5) is 4.39 Å². The van der Waals surface area contributed by atoms with E-state index in [4.69, 9.17) is 4.74 Å². The van der Waals surface area contributed by atoms with Gasteiger partial charge in [0.2, 0.25) is 15.9 Å². The Hall–Kier alpha value is -2.33. The molecule has 1 heterocycles. The monoisotopic (exact) mass is 449 g/mol. The Morgan fingerprint density at radius 1 is 1.13 bits per heavy atom. The van der Waals surface area contributed by atoms with E-state index in [1.165, 1.54) is 31.3 Å². The Bertz CT molecular complexity index is 975. The van der Waals surface area contributed by atoms with Crippen LogP contribution in [0.25, 0.3) is 0 Å². The highest BCUT2D eigenvalue weighted by Gasteiger charge is 2.26. The molecule has 9 heteroatoms. The molecule has 7 nitrogen and oxygen atoms in total. The van der Waals surface area contributed by atoms with Crippen molar-refractivity contribution in [3.63, 3.8) is 0 Å². The van der Waals surface area contributed by atoms with Crippen molar-refractivity contribution in [3.8, 4) is 0 Å². The molecule has 0 saturated carbocycles. The summed E-state index contributed by atoms with van der Waals surface area (Å²) >= 11 is 0. The number of likely N-dealkylation sites (N-methyl/N-ethyl adjacent to an activating group) is 1. The van der Waals surface area contributed by atoms with Gasteiger partial charge < -0.3 is 10.1 Å². The molecule has 1 amide bonds. The fourth-order valence-electron chi connectivity index (χ4n) is 3.48. The van der Waals surface area contributed by atoms with Gasteiger partial charge >= 0.3 is 0 Å². The summed E-state index contributed by atoms with van der Waals surface area (Å²) in [4.78, 5) is 14.9. The molecule has 0 radical (unpaired) electrons. The number of sulfonamides is 1. The molecular formula is C22H28FN3O4S. The van der Waals surface area contributed by atoms with Crippen LogP contribution < -0.4 is 5.32 Å². The van der Waals surface area contributed by atoms with Crippen molar-refractivity contribution < 1.29 is 22.3 Å². The van der Waals surface area contributed by atoms with E-state index in [2.05, 4.69) is 10.2 Å². The second-order valence-corrected chi connectivity index (χ2v) is 9.64. The first-order valence-corrected chi connectivity index (χ1v) is 11.6. The van der Waals surface area contributed by atoms with Crippen LogP contribution in [0.5, 0.6) is 0 Å². The summed E-state index contributed by atoms with van der Waals surface area (Å²) in [6, 6.07) is 12.5. The van der Waals surface area contributed by atoms with Gasteiger partial charge in [0.05, 0.1) is 30.7 Å². The van der Waals surface area contributed by atoms with Gasteiger partial charge in [-0.05, 0) is 36.8 Å². The fraction of sp³-hybridized carbons (Fsp3) is 0.409. The maximum absolute atomic E-state index is 13.4. The number of rotatable bonds is 8. The van der Waals surface area contributed by atoms with Gasteiger partial charge in [-0.25, -0.2) is 12.8 Å². The summed E-state index contributed by atoms with van der Waals surface area (Å²) in [5, 5.41) is 2.84. The summed E-state index contributed by atoms with van der Waals surface area (Å²) in [6.45, 7) is 4.42. The van der Waals surface area contributed by atoms with Gasteiger partial charge in [-0.15, -0.1) is 0 Å². The van der Waals surface area contributed by atoms with Gasteiger partial charge in [-0.3, -0.25) is 9.69 Å². The fourth-order valence-corrected chi connectivity index (χ4v) is 4.60. The molecule has 0 bridgehead atoms. The smallest absolute Gasteiger partial charge is 0.243 e. The minimum Gasteiger partial charge on any atom is -0.379 e. The van der Waals surface area contributed by atoms with Gasteiger partial charge in [0.1, 0.15) is 5.82 Å². The Morgan fingerprint density at radius 2 is 1.74 bits per heavy atom. The van der Waals surface area contributed by atoms with Crippen molar-refractivity contribution in [1.82, 2.24) is 14.5 Å². The molecule has 0 spiro atoms. The third-order valence-electron chi connectivity index (χ3n) is 5.33. The van der Waals surface area contributed by atoms with Crippen molar-refractivity contribution in [2.75, 3.05) is 46.4 Å². The molecule has 1 N–H and O–H groups in total. The molecule has 2 aromatic rings. The van der Waals surface area contributed by atoms with Gasteiger partial charge in [0, 0.05) is 26.7 Å². The molecule has 1 saturated heterocycles. The summed E-state index contributed by atoms with van der Waals surface area (Å²) in [5.41, 5.74) is 1.83. The van der Waals surface area contributed by atoms with Gasteiger partial charge in [-0.1, -0.05) is 29.8 Å². The zero-order valence-corrected chi connectivity index (χ0v) is 18.6. The highest BCUT2D eigenvalue weighted by Crippen LogP contribution is 2.22. The summed E-state index contributed by atoms with van der Waals surface area (Å²) in [5.74, 6) is -0.727. The number of halogens is 1. The number of amides is 1. The first-order chi connectivity index (χ1) is 14.8. The quantitative estimate of drug-likeness (QED) is 0.667. The van der Waals surface area contributed by atoms with Crippen LogP contribution in [0.2, 0.25) is 0 Å². The normalized spacial score (nSPS) is 16.3. The third kappa shape index (κ3) is 6.10. The number of carbonyl (C=O) groups excluding carboxylic acids is 1. The number of morpholine rings is 1. The average molecular weight is 450 g/mol. The summed E-state index contributed by atoms with van der Waals surface area (Å²) < 4.78 is 45.2. The van der Waals surface area contributed by atoms with Crippen molar-refractivity contribution in [2.45, 2.75) is 17.9 Å². The Kier molecular flexibility index (Phi) is 7.77. The lowest BCUT2D eigenvalue weighted by atomic mass is 10.0. The Morgan fingerprint density at radius 3 is 2.35 bits per heavy atom. The maximum atomic E-state index is 13.4.